The van der Waals surface area contributed by atoms with E-state index in [1.807, 2.05) is 6.20 Å². The van der Waals surface area contributed by atoms with E-state index in [4.69, 9.17) is 5.73 Å². The molecule has 1 aromatic carbocycles. The summed E-state index contributed by atoms with van der Waals surface area (Å²) in [5.74, 6) is 1.02. The lowest BCUT2D eigenvalue weighted by Gasteiger charge is -2.10. The van der Waals surface area contributed by atoms with Gasteiger partial charge in [0.05, 0.1) is 11.7 Å². The Kier molecular flexibility index (Phi) is 3.28. The van der Waals surface area contributed by atoms with Gasteiger partial charge in [0.1, 0.15) is 5.82 Å². The van der Waals surface area contributed by atoms with Crippen molar-refractivity contribution in [3.8, 4) is 11.1 Å². The van der Waals surface area contributed by atoms with Gasteiger partial charge in [-0.15, -0.1) is 0 Å². The Hall–Kier alpha value is -2.13. The first-order valence-electron chi connectivity index (χ1n) is 6.94. The second kappa shape index (κ2) is 5.10. The SMILES string of the molecule is Cc1cccc(-c2cccn3c(CCN)ncc23)c1C. The first-order chi connectivity index (χ1) is 9.72. The molecule has 3 rings (SSSR count). The lowest BCUT2D eigenvalue weighted by molar-refractivity contribution is 0.863. The number of hydrogen-bond acceptors (Lipinski definition) is 2. The molecule has 102 valence electrons. The summed E-state index contributed by atoms with van der Waals surface area (Å²) in [5, 5.41) is 0. The number of fused-ring (bicyclic) bond motifs is 1. The summed E-state index contributed by atoms with van der Waals surface area (Å²) >= 11 is 0. The summed E-state index contributed by atoms with van der Waals surface area (Å²) in [7, 11) is 0. The maximum Gasteiger partial charge on any atom is 0.114 e. The molecule has 0 bridgehead atoms. The number of rotatable bonds is 3. The van der Waals surface area contributed by atoms with Crippen LogP contribution in [0.4, 0.5) is 0 Å². The summed E-state index contributed by atoms with van der Waals surface area (Å²) in [4.78, 5) is 4.51. The fraction of sp³-hybridized carbons (Fsp3) is 0.235. The van der Waals surface area contributed by atoms with Crippen LogP contribution in [0.3, 0.4) is 0 Å². The highest BCUT2D eigenvalue weighted by atomic mass is 15.0. The summed E-state index contributed by atoms with van der Waals surface area (Å²) in [6.07, 6.45) is 4.80. The molecule has 0 aliphatic heterocycles. The molecule has 3 aromatic rings. The minimum absolute atomic E-state index is 0.618. The maximum atomic E-state index is 5.65. The van der Waals surface area contributed by atoms with Gasteiger partial charge < -0.3 is 10.1 Å². The van der Waals surface area contributed by atoms with Crippen LogP contribution >= 0.6 is 0 Å². The number of benzene rings is 1. The second-order valence-corrected chi connectivity index (χ2v) is 5.14. The summed E-state index contributed by atoms with van der Waals surface area (Å²) in [5.41, 5.74) is 11.9. The van der Waals surface area contributed by atoms with Gasteiger partial charge in [0.25, 0.3) is 0 Å². The van der Waals surface area contributed by atoms with Crippen molar-refractivity contribution in [1.82, 2.24) is 9.38 Å². The number of nitrogens with zero attached hydrogens (tertiary/aromatic N) is 2. The van der Waals surface area contributed by atoms with Crippen LogP contribution in [0.5, 0.6) is 0 Å². The molecule has 3 nitrogen and oxygen atoms in total. The highest BCUT2D eigenvalue weighted by Gasteiger charge is 2.10. The number of aromatic nitrogens is 2. The van der Waals surface area contributed by atoms with Gasteiger partial charge in [0.2, 0.25) is 0 Å². The zero-order chi connectivity index (χ0) is 14.1. The Morgan fingerprint density at radius 2 is 1.90 bits per heavy atom. The van der Waals surface area contributed by atoms with Crippen molar-refractivity contribution in [2.24, 2.45) is 5.73 Å². The van der Waals surface area contributed by atoms with Gasteiger partial charge in [-0.1, -0.05) is 24.3 Å². The molecule has 0 aliphatic carbocycles. The zero-order valence-corrected chi connectivity index (χ0v) is 11.9. The van der Waals surface area contributed by atoms with E-state index in [1.54, 1.807) is 0 Å². The first-order valence-corrected chi connectivity index (χ1v) is 6.94. The summed E-state index contributed by atoms with van der Waals surface area (Å²) in [6.45, 7) is 4.94. The van der Waals surface area contributed by atoms with E-state index in [0.717, 1.165) is 17.8 Å². The topological polar surface area (TPSA) is 43.3 Å². The van der Waals surface area contributed by atoms with E-state index in [9.17, 15) is 0 Å². The highest BCUT2D eigenvalue weighted by Crippen LogP contribution is 2.29. The predicted molar refractivity (Wildman–Crippen MR) is 82.9 cm³/mol. The smallest absolute Gasteiger partial charge is 0.114 e. The molecule has 0 radical (unpaired) electrons. The Balaban J connectivity index is 2.24. The highest BCUT2D eigenvalue weighted by molar-refractivity contribution is 5.82. The minimum Gasteiger partial charge on any atom is -0.330 e. The van der Waals surface area contributed by atoms with Crippen molar-refractivity contribution in [2.45, 2.75) is 20.3 Å². The van der Waals surface area contributed by atoms with Crippen LogP contribution in [0.25, 0.3) is 16.6 Å². The van der Waals surface area contributed by atoms with Crippen LogP contribution in [0.2, 0.25) is 0 Å². The Morgan fingerprint density at radius 1 is 1.10 bits per heavy atom. The Bertz CT molecular complexity index is 756. The molecule has 2 heterocycles. The summed E-state index contributed by atoms with van der Waals surface area (Å²) < 4.78 is 2.14. The van der Waals surface area contributed by atoms with Crippen LogP contribution in [0.1, 0.15) is 17.0 Å². The predicted octanol–water partition coefficient (Wildman–Crippen LogP) is 3.12. The monoisotopic (exact) mass is 265 g/mol. The van der Waals surface area contributed by atoms with Gasteiger partial charge in [-0.3, -0.25) is 0 Å². The molecule has 0 saturated carbocycles. The van der Waals surface area contributed by atoms with Gasteiger partial charge in [-0.2, -0.15) is 0 Å². The van der Waals surface area contributed by atoms with Crippen molar-refractivity contribution in [3.63, 3.8) is 0 Å². The largest absolute Gasteiger partial charge is 0.330 e. The maximum absolute atomic E-state index is 5.65. The number of pyridine rings is 1. The molecule has 20 heavy (non-hydrogen) atoms. The average molecular weight is 265 g/mol. The van der Waals surface area contributed by atoms with Gasteiger partial charge in [0.15, 0.2) is 0 Å². The molecule has 3 heteroatoms. The molecule has 0 spiro atoms. The van der Waals surface area contributed by atoms with Crippen molar-refractivity contribution < 1.29 is 0 Å². The lowest BCUT2D eigenvalue weighted by Crippen LogP contribution is -2.06. The van der Waals surface area contributed by atoms with Crippen molar-refractivity contribution in [1.29, 1.82) is 0 Å². The number of aryl methyl sites for hydroxylation is 1. The van der Waals surface area contributed by atoms with E-state index in [1.165, 1.54) is 22.3 Å². The minimum atomic E-state index is 0.618. The number of imidazole rings is 1. The van der Waals surface area contributed by atoms with Gasteiger partial charge >= 0.3 is 0 Å². The molecular formula is C17H19N3. The number of nitrogens with two attached hydrogens (primary N) is 1. The second-order valence-electron chi connectivity index (χ2n) is 5.14. The van der Waals surface area contributed by atoms with Crippen LogP contribution < -0.4 is 5.73 Å². The molecule has 2 N–H and O–H groups in total. The third-order valence-corrected chi connectivity index (χ3v) is 3.91. The van der Waals surface area contributed by atoms with Crippen LogP contribution in [0.15, 0.2) is 42.7 Å². The lowest BCUT2D eigenvalue weighted by atomic mass is 9.97. The molecule has 0 saturated heterocycles. The first kappa shape index (κ1) is 12.9. The fourth-order valence-corrected chi connectivity index (χ4v) is 2.66. The molecular weight excluding hydrogens is 246 g/mol. The average Bonchev–Trinajstić information content (AvgIpc) is 2.86. The molecule has 0 atom stereocenters. The number of hydrogen-bond donors (Lipinski definition) is 1. The summed E-state index contributed by atoms with van der Waals surface area (Å²) in [6, 6.07) is 10.7. The van der Waals surface area contributed by atoms with Crippen molar-refractivity contribution in [2.75, 3.05) is 6.54 Å². The van der Waals surface area contributed by atoms with Gasteiger partial charge in [-0.05, 0) is 43.1 Å². The van der Waals surface area contributed by atoms with E-state index in [-0.39, 0.29) is 0 Å². The fourth-order valence-electron chi connectivity index (χ4n) is 2.66. The molecule has 2 aromatic heterocycles. The van der Waals surface area contributed by atoms with Crippen molar-refractivity contribution in [3.05, 3.63) is 59.7 Å². The Morgan fingerprint density at radius 3 is 2.70 bits per heavy atom. The zero-order valence-electron chi connectivity index (χ0n) is 11.9. The molecule has 0 amide bonds. The van der Waals surface area contributed by atoms with Crippen LogP contribution in [-0.4, -0.2) is 15.9 Å². The third-order valence-electron chi connectivity index (χ3n) is 3.91. The molecule has 0 aliphatic rings. The van der Waals surface area contributed by atoms with E-state index >= 15 is 0 Å². The third kappa shape index (κ3) is 2.00. The van der Waals surface area contributed by atoms with Gasteiger partial charge in [0, 0.05) is 18.2 Å². The van der Waals surface area contributed by atoms with Crippen molar-refractivity contribution >= 4 is 5.52 Å². The quantitative estimate of drug-likeness (QED) is 0.790. The van der Waals surface area contributed by atoms with E-state index in [0.29, 0.717) is 6.54 Å². The van der Waals surface area contributed by atoms with Gasteiger partial charge in [-0.25, -0.2) is 4.98 Å². The van der Waals surface area contributed by atoms with E-state index in [2.05, 4.69) is 59.8 Å². The van der Waals surface area contributed by atoms with E-state index < -0.39 is 0 Å². The standard InChI is InChI=1S/C17H19N3/c1-12-5-3-6-14(13(12)2)15-7-4-10-20-16(15)11-19-17(20)8-9-18/h3-7,10-11H,8-9,18H2,1-2H3. The van der Waals surface area contributed by atoms with Crippen LogP contribution in [0, 0.1) is 13.8 Å². The Labute approximate surface area is 119 Å². The van der Waals surface area contributed by atoms with Crippen LogP contribution in [-0.2, 0) is 6.42 Å². The molecule has 0 fully saturated rings. The normalized spacial score (nSPS) is 11.2. The molecule has 0 unspecified atom stereocenters.